The van der Waals surface area contributed by atoms with Crippen LogP contribution in [0.25, 0.3) is 10.8 Å². The number of anilines is 1. The van der Waals surface area contributed by atoms with Crippen LogP contribution in [0.1, 0.15) is 6.92 Å². The number of hydrogen-bond donors (Lipinski definition) is 2. The minimum Gasteiger partial charge on any atom is -0.398 e. The Morgan fingerprint density at radius 1 is 1.35 bits per heavy atom. The quantitative estimate of drug-likeness (QED) is 0.718. The smallest absolute Gasteiger partial charge is 0.343 e. The van der Waals surface area contributed by atoms with Crippen molar-refractivity contribution < 1.29 is 0 Å². The SMILES string of the molecule is CCn1c(Sc2ccc(N)c3cnccc23)n[nH]c1=O. The molecule has 0 bridgehead atoms. The van der Waals surface area contributed by atoms with Crippen LogP contribution in [-0.2, 0) is 6.54 Å². The molecular weight excluding hydrogens is 274 g/mol. The van der Waals surface area contributed by atoms with Crippen molar-refractivity contribution in [1.29, 1.82) is 0 Å². The monoisotopic (exact) mass is 287 g/mol. The molecule has 3 aromatic rings. The topological polar surface area (TPSA) is 89.6 Å². The molecular formula is C13H13N5OS. The standard InChI is InChI=1S/C13H13N5OS/c1-2-18-12(19)16-17-13(18)20-11-4-3-10(14)9-7-15-6-5-8(9)11/h3-7H,2,14H2,1H3,(H,16,19). The van der Waals surface area contributed by atoms with E-state index in [4.69, 9.17) is 5.73 Å². The van der Waals surface area contributed by atoms with Gasteiger partial charge in [0.25, 0.3) is 0 Å². The van der Waals surface area contributed by atoms with Gasteiger partial charge in [-0.2, -0.15) is 0 Å². The molecule has 0 spiro atoms. The molecule has 0 aliphatic rings. The normalized spacial score (nSPS) is 11.1. The van der Waals surface area contributed by atoms with Crippen molar-refractivity contribution in [3.05, 3.63) is 41.1 Å². The largest absolute Gasteiger partial charge is 0.398 e. The fraction of sp³-hybridized carbons (Fsp3) is 0.154. The number of nitrogens with one attached hydrogen (secondary N) is 1. The number of nitrogen functional groups attached to an aromatic ring is 1. The summed E-state index contributed by atoms with van der Waals surface area (Å²) in [4.78, 5) is 16.7. The van der Waals surface area contributed by atoms with Crippen LogP contribution in [-0.4, -0.2) is 19.7 Å². The van der Waals surface area contributed by atoms with Crippen molar-refractivity contribution in [2.75, 3.05) is 5.73 Å². The molecule has 0 aliphatic carbocycles. The highest BCUT2D eigenvalue weighted by Gasteiger charge is 2.11. The number of aromatic amines is 1. The Kier molecular flexibility index (Phi) is 3.19. The number of nitrogens with zero attached hydrogens (tertiary/aromatic N) is 3. The molecule has 0 radical (unpaired) electrons. The lowest BCUT2D eigenvalue weighted by atomic mass is 10.1. The summed E-state index contributed by atoms with van der Waals surface area (Å²) < 4.78 is 1.59. The van der Waals surface area contributed by atoms with Gasteiger partial charge >= 0.3 is 5.69 Å². The van der Waals surface area contributed by atoms with Crippen molar-refractivity contribution in [2.24, 2.45) is 0 Å². The van der Waals surface area contributed by atoms with Crippen LogP contribution in [0.3, 0.4) is 0 Å². The number of H-pyrrole nitrogens is 1. The van der Waals surface area contributed by atoms with E-state index in [2.05, 4.69) is 15.2 Å². The molecule has 0 fully saturated rings. The van der Waals surface area contributed by atoms with Gasteiger partial charge in [0.1, 0.15) is 0 Å². The molecule has 0 atom stereocenters. The van der Waals surface area contributed by atoms with Gasteiger partial charge in [0.05, 0.1) is 0 Å². The molecule has 0 saturated carbocycles. The zero-order valence-electron chi connectivity index (χ0n) is 10.8. The molecule has 3 rings (SSSR count). The number of hydrogen-bond acceptors (Lipinski definition) is 5. The van der Waals surface area contributed by atoms with Gasteiger partial charge in [0.15, 0.2) is 5.16 Å². The molecule has 3 N–H and O–H groups in total. The molecule has 7 heteroatoms. The fourth-order valence-electron chi connectivity index (χ4n) is 2.03. The number of benzene rings is 1. The number of nitrogens with two attached hydrogens (primary N) is 1. The summed E-state index contributed by atoms with van der Waals surface area (Å²) >= 11 is 1.44. The fourth-order valence-corrected chi connectivity index (χ4v) is 3.07. The molecule has 0 aliphatic heterocycles. The van der Waals surface area contributed by atoms with Crippen molar-refractivity contribution in [3.63, 3.8) is 0 Å². The summed E-state index contributed by atoms with van der Waals surface area (Å²) in [7, 11) is 0. The zero-order chi connectivity index (χ0) is 14.1. The van der Waals surface area contributed by atoms with Crippen LogP contribution in [0.4, 0.5) is 5.69 Å². The van der Waals surface area contributed by atoms with E-state index in [0.29, 0.717) is 17.4 Å². The third kappa shape index (κ3) is 2.05. The third-order valence-electron chi connectivity index (χ3n) is 3.05. The maximum absolute atomic E-state index is 11.6. The first-order chi connectivity index (χ1) is 9.70. The predicted molar refractivity (Wildman–Crippen MR) is 78.8 cm³/mol. The van der Waals surface area contributed by atoms with E-state index in [1.54, 1.807) is 17.0 Å². The number of aromatic nitrogens is 4. The Hall–Kier alpha value is -2.28. The van der Waals surface area contributed by atoms with E-state index in [9.17, 15) is 4.79 Å². The predicted octanol–water partition coefficient (Wildman–Crippen LogP) is 1.87. The lowest BCUT2D eigenvalue weighted by Crippen LogP contribution is -2.15. The van der Waals surface area contributed by atoms with Crippen LogP contribution >= 0.6 is 11.8 Å². The summed E-state index contributed by atoms with van der Waals surface area (Å²) in [6.07, 6.45) is 3.47. The molecule has 1 aromatic carbocycles. The second-order valence-electron chi connectivity index (χ2n) is 4.23. The molecule has 102 valence electrons. The number of fused-ring (bicyclic) bond motifs is 1. The van der Waals surface area contributed by atoms with Crippen molar-refractivity contribution in [3.8, 4) is 0 Å². The van der Waals surface area contributed by atoms with Crippen molar-refractivity contribution in [1.82, 2.24) is 19.7 Å². The van der Waals surface area contributed by atoms with Crippen molar-refractivity contribution in [2.45, 2.75) is 23.5 Å². The van der Waals surface area contributed by atoms with Gasteiger partial charge in [-0.15, -0.1) is 5.10 Å². The molecule has 0 unspecified atom stereocenters. The lowest BCUT2D eigenvalue weighted by Gasteiger charge is -2.07. The van der Waals surface area contributed by atoms with Crippen LogP contribution in [0, 0.1) is 0 Å². The highest BCUT2D eigenvalue weighted by molar-refractivity contribution is 7.99. The first kappa shape index (κ1) is 12.7. The Bertz CT molecular complexity index is 823. The highest BCUT2D eigenvalue weighted by Crippen LogP contribution is 2.34. The molecule has 20 heavy (non-hydrogen) atoms. The third-order valence-corrected chi connectivity index (χ3v) is 4.12. The molecule has 2 heterocycles. The highest BCUT2D eigenvalue weighted by atomic mass is 32.2. The van der Waals surface area contributed by atoms with Gasteiger partial charge in [0, 0.05) is 40.3 Å². The zero-order valence-corrected chi connectivity index (χ0v) is 11.6. The summed E-state index contributed by atoms with van der Waals surface area (Å²) in [5, 5.41) is 9.06. The maximum Gasteiger partial charge on any atom is 0.343 e. The Balaban J connectivity index is 2.11. The minimum absolute atomic E-state index is 0.198. The van der Waals surface area contributed by atoms with Gasteiger partial charge in [-0.3, -0.25) is 9.55 Å². The molecule has 0 amide bonds. The van der Waals surface area contributed by atoms with E-state index in [-0.39, 0.29) is 5.69 Å². The minimum atomic E-state index is -0.198. The van der Waals surface area contributed by atoms with E-state index in [1.807, 2.05) is 25.1 Å². The second kappa shape index (κ2) is 5.01. The van der Waals surface area contributed by atoms with Gasteiger partial charge in [0.2, 0.25) is 0 Å². The van der Waals surface area contributed by atoms with Gasteiger partial charge in [-0.05, 0) is 36.9 Å². The van der Waals surface area contributed by atoms with E-state index < -0.39 is 0 Å². The summed E-state index contributed by atoms with van der Waals surface area (Å²) in [6.45, 7) is 2.48. The Morgan fingerprint density at radius 3 is 3.00 bits per heavy atom. The second-order valence-corrected chi connectivity index (χ2v) is 5.24. The summed E-state index contributed by atoms with van der Waals surface area (Å²) in [5.74, 6) is 0. The van der Waals surface area contributed by atoms with Gasteiger partial charge < -0.3 is 5.73 Å². The first-order valence-electron chi connectivity index (χ1n) is 6.16. The van der Waals surface area contributed by atoms with E-state index in [1.165, 1.54) is 11.8 Å². The van der Waals surface area contributed by atoms with Crippen LogP contribution in [0.5, 0.6) is 0 Å². The lowest BCUT2D eigenvalue weighted by molar-refractivity contribution is 0.660. The van der Waals surface area contributed by atoms with Crippen LogP contribution in [0.2, 0.25) is 0 Å². The molecule has 0 saturated heterocycles. The summed E-state index contributed by atoms with van der Waals surface area (Å²) in [5.41, 5.74) is 6.44. The molecule has 2 aromatic heterocycles. The number of pyridine rings is 1. The number of rotatable bonds is 3. The first-order valence-corrected chi connectivity index (χ1v) is 6.97. The maximum atomic E-state index is 11.6. The van der Waals surface area contributed by atoms with Gasteiger partial charge in [-0.1, -0.05) is 0 Å². The van der Waals surface area contributed by atoms with Crippen LogP contribution in [0.15, 0.2) is 45.4 Å². The average Bonchev–Trinajstić information content (AvgIpc) is 2.82. The van der Waals surface area contributed by atoms with E-state index in [0.717, 1.165) is 15.7 Å². The molecule has 6 nitrogen and oxygen atoms in total. The Morgan fingerprint density at radius 2 is 2.20 bits per heavy atom. The average molecular weight is 287 g/mol. The summed E-state index contributed by atoms with van der Waals surface area (Å²) in [6, 6.07) is 5.68. The van der Waals surface area contributed by atoms with Crippen molar-refractivity contribution >= 4 is 28.2 Å². The van der Waals surface area contributed by atoms with E-state index >= 15 is 0 Å². The van der Waals surface area contributed by atoms with Crippen LogP contribution < -0.4 is 11.4 Å². The Labute approximate surface area is 119 Å². The van der Waals surface area contributed by atoms with Gasteiger partial charge in [-0.25, -0.2) is 9.89 Å².